The summed E-state index contributed by atoms with van der Waals surface area (Å²) in [5.74, 6) is 0.576. The Morgan fingerprint density at radius 2 is 1.94 bits per heavy atom. The van der Waals surface area contributed by atoms with Gasteiger partial charge in [-0.2, -0.15) is 0 Å². The number of aryl methyl sites for hydroxylation is 1. The molecule has 2 bridgehead atoms. The van der Waals surface area contributed by atoms with Crippen molar-refractivity contribution in [1.29, 1.82) is 0 Å². The Morgan fingerprint density at radius 1 is 1.12 bits per heavy atom. The van der Waals surface area contributed by atoms with Crippen molar-refractivity contribution in [3.05, 3.63) is 64.7 Å². The first-order valence-electron chi connectivity index (χ1n) is 17.6. The van der Waals surface area contributed by atoms with Gasteiger partial charge < -0.3 is 14.4 Å². The highest BCUT2D eigenvalue weighted by Crippen LogP contribution is 2.47. The number of halogens is 2. The van der Waals surface area contributed by atoms with Gasteiger partial charge in [-0.1, -0.05) is 29.8 Å². The molecule has 266 valence electrons. The van der Waals surface area contributed by atoms with Crippen molar-refractivity contribution >= 4 is 33.2 Å². The molecular formula is C37H48ClFN4O5S. The Morgan fingerprint density at radius 3 is 2.69 bits per heavy atom. The Labute approximate surface area is 294 Å². The van der Waals surface area contributed by atoms with Crippen LogP contribution in [-0.2, 0) is 31.4 Å². The van der Waals surface area contributed by atoms with E-state index < -0.39 is 27.6 Å². The first-order chi connectivity index (χ1) is 23.3. The zero-order chi connectivity index (χ0) is 34.6. The number of rotatable bonds is 4. The normalized spacial score (nSPS) is 30.9. The van der Waals surface area contributed by atoms with E-state index in [9.17, 15) is 17.6 Å². The van der Waals surface area contributed by atoms with E-state index in [1.54, 1.807) is 26.0 Å². The molecule has 2 fully saturated rings. The SMILES string of the molecule is CN1C/C=C/[C@H](OCCN2CC(F)C2)[C@@H]2CC[C@H]2CN2C[C@@]3(CCCc4cc(Cl)ccc43)COc3ccc(cc32)S(=O)(=O)NC(=O)C1(C)C. The number of hydrogen-bond acceptors (Lipinski definition) is 8. The third-order valence-electron chi connectivity index (χ3n) is 11.7. The lowest BCUT2D eigenvalue weighted by molar-refractivity contribution is -0.128. The molecule has 49 heavy (non-hydrogen) atoms. The smallest absolute Gasteiger partial charge is 0.264 e. The van der Waals surface area contributed by atoms with Crippen LogP contribution in [0.25, 0.3) is 0 Å². The van der Waals surface area contributed by atoms with E-state index in [0.717, 1.165) is 37.1 Å². The monoisotopic (exact) mass is 714 g/mol. The number of amides is 1. The van der Waals surface area contributed by atoms with E-state index >= 15 is 0 Å². The third-order valence-corrected chi connectivity index (χ3v) is 13.3. The predicted molar refractivity (Wildman–Crippen MR) is 189 cm³/mol. The molecule has 12 heteroatoms. The molecule has 0 unspecified atom stereocenters. The summed E-state index contributed by atoms with van der Waals surface area (Å²) in [6, 6.07) is 11.1. The summed E-state index contributed by atoms with van der Waals surface area (Å²) in [6.45, 7) is 7.83. The van der Waals surface area contributed by atoms with Gasteiger partial charge in [0.05, 0.1) is 35.4 Å². The Hall–Kier alpha value is -2.70. The second-order valence-corrected chi connectivity index (χ2v) is 17.3. The first kappa shape index (κ1) is 34.7. The molecule has 5 aliphatic rings. The van der Waals surface area contributed by atoms with Crippen LogP contribution in [0, 0.1) is 11.8 Å². The number of anilines is 1. The van der Waals surface area contributed by atoms with Crippen LogP contribution in [0.5, 0.6) is 5.75 Å². The number of nitrogens with zero attached hydrogens (tertiary/aromatic N) is 3. The van der Waals surface area contributed by atoms with Crippen molar-refractivity contribution < 1.29 is 27.1 Å². The number of nitrogens with one attached hydrogen (secondary N) is 1. The Bertz CT molecular complexity index is 1720. The number of carbonyl (C=O) groups excluding carboxylic acids is 1. The van der Waals surface area contributed by atoms with Crippen molar-refractivity contribution in [2.75, 3.05) is 64.4 Å². The molecule has 1 amide bonds. The lowest BCUT2D eigenvalue weighted by Crippen LogP contribution is -2.54. The lowest BCUT2D eigenvalue weighted by Gasteiger charge is -2.46. The van der Waals surface area contributed by atoms with Crippen molar-refractivity contribution in [2.45, 2.75) is 74.1 Å². The number of sulfonamides is 1. The average Bonchev–Trinajstić information content (AvgIpc) is 3.18. The third kappa shape index (κ3) is 6.86. The molecule has 4 atom stereocenters. The summed E-state index contributed by atoms with van der Waals surface area (Å²) >= 11 is 6.44. The van der Waals surface area contributed by atoms with Gasteiger partial charge in [0, 0.05) is 49.7 Å². The molecule has 9 nitrogen and oxygen atoms in total. The van der Waals surface area contributed by atoms with Crippen molar-refractivity contribution in [3.8, 4) is 5.75 Å². The van der Waals surface area contributed by atoms with Gasteiger partial charge in [-0.15, -0.1) is 0 Å². The minimum Gasteiger partial charge on any atom is -0.490 e. The van der Waals surface area contributed by atoms with Crippen LogP contribution >= 0.6 is 11.6 Å². The largest absolute Gasteiger partial charge is 0.490 e. The summed E-state index contributed by atoms with van der Waals surface area (Å²) in [7, 11) is -2.37. The molecule has 3 aliphatic heterocycles. The van der Waals surface area contributed by atoms with Crippen LogP contribution in [0.2, 0.25) is 5.02 Å². The van der Waals surface area contributed by atoms with Crippen LogP contribution in [0.3, 0.4) is 0 Å². The highest BCUT2D eigenvalue weighted by Gasteiger charge is 2.45. The molecule has 0 aromatic heterocycles. The van der Waals surface area contributed by atoms with E-state index in [-0.39, 0.29) is 22.3 Å². The summed E-state index contributed by atoms with van der Waals surface area (Å²) in [5, 5.41) is 0.722. The number of fused-ring (bicyclic) bond motifs is 4. The molecule has 2 aromatic carbocycles. The van der Waals surface area contributed by atoms with E-state index in [1.165, 1.54) is 17.2 Å². The maximum atomic E-state index is 13.7. The molecule has 2 aromatic rings. The van der Waals surface area contributed by atoms with Gasteiger partial charge in [-0.25, -0.2) is 17.5 Å². The number of likely N-dealkylation sites (tertiary alicyclic amines) is 1. The van der Waals surface area contributed by atoms with Gasteiger partial charge in [-0.05, 0) is 106 Å². The molecule has 7 rings (SSSR count). The van der Waals surface area contributed by atoms with Gasteiger partial charge in [0.15, 0.2) is 0 Å². The fraction of sp³-hybridized carbons (Fsp3) is 0.595. The fourth-order valence-electron chi connectivity index (χ4n) is 8.19. The molecule has 2 aliphatic carbocycles. The number of hydrogen-bond donors (Lipinski definition) is 1. The van der Waals surface area contributed by atoms with Gasteiger partial charge in [0.1, 0.15) is 11.9 Å². The van der Waals surface area contributed by atoms with Crippen molar-refractivity contribution in [2.24, 2.45) is 11.8 Å². The average molecular weight is 715 g/mol. The van der Waals surface area contributed by atoms with Crippen LogP contribution in [-0.4, -0.2) is 101 Å². The number of ether oxygens (including phenoxy) is 2. The molecule has 1 saturated carbocycles. The number of benzene rings is 2. The van der Waals surface area contributed by atoms with Gasteiger partial charge >= 0.3 is 0 Å². The topological polar surface area (TPSA) is 91.4 Å². The molecule has 1 spiro atoms. The van der Waals surface area contributed by atoms with Crippen LogP contribution < -0.4 is 14.4 Å². The quantitative estimate of drug-likeness (QED) is 0.445. The summed E-state index contributed by atoms with van der Waals surface area (Å²) in [6.07, 6.45) is 8.19. The zero-order valence-corrected chi connectivity index (χ0v) is 30.2. The zero-order valence-electron chi connectivity index (χ0n) is 28.7. The minimum atomic E-state index is -4.18. The van der Waals surface area contributed by atoms with Crippen molar-refractivity contribution in [1.82, 2.24) is 14.5 Å². The van der Waals surface area contributed by atoms with E-state index in [1.807, 2.05) is 24.1 Å². The fourth-order valence-corrected chi connectivity index (χ4v) is 9.51. The summed E-state index contributed by atoms with van der Waals surface area (Å²) in [5.41, 5.74) is 1.77. The van der Waals surface area contributed by atoms with Crippen molar-refractivity contribution in [3.63, 3.8) is 0 Å². The minimum absolute atomic E-state index is 0.0262. The molecular weight excluding hydrogens is 667 g/mol. The molecule has 3 heterocycles. The van der Waals surface area contributed by atoms with Crippen LogP contribution in [0.1, 0.15) is 50.7 Å². The van der Waals surface area contributed by atoms with Gasteiger partial charge in [-0.3, -0.25) is 14.6 Å². The summed E-state index contributed by atoms with van der Waals surface area (Å²) < 4.78 is 56.5. The molecule has 1 saturated heterocycles. The second-order valence-electron chi connectivity index (χ2n) is 15.2. The maximum Gasteiger partial charge on any atom is 0.264 e. The number of likely N-dealkylation sites (N-methyl/N-ethyl adjacent to an activating group) is 1. The lowest BCUT2D eigenvalue weighted by atomic mass is 9.68. The van der Waals surface area contributed by atoms with E-state index in [2.05, 4.69) is 32.7 Å². The molecule has 1 N–H and O–H groups in total. The first-order valence-corrected chi connectivity index (χ1v) is 19.4. The maximum absolute atomic E-state index is 13.7. The van der Waals surface area contributed by atoms with E-state index in [0.29, 0.717) is 69.8 Å². The predicted octanol–water partition coefficient (Wildman–Crippen LogP) is 4.96. The van der Waals surface area contributed by atoms with Crippen LogP contribution in [0.15, 0.2) is 53.4 Å². The second kappa shape index (κ2) is 13.5. The van der Waals surface area contributed by atoms with E-state index in [4.69, 9.17) is 21.1 Å². The number of alkyl halides is 1. The summed E-state index contributed by atoms with van der Waals surface area (Å²) in [4.78, 5) is 19.8. The van der Waals surface area contributed by atoms with Crippen LogP contribution in [0.4, 0.5) is 10.1 Å². The highest BCUT2D eigenvalue weighted by atomic mass is 35.5. The highest BCUT2D eigenvalue weighted by molar-refractivity contribution is 7.90. The number of carbonyl (C=O) groups is 1. The Kier molecular flexibility index (Phi) is 9.53. The molecule has 0 radical (unpaired) electrons. The van der Waals surface area contributed by atoms with Gasteiger partial charge in [0.25, 0.3) is 15.9 Å². The Balaban J connectivity index is 1.26. The standard InChI is InChI=1S/C37H48ClFN4O5S/c1-36(2)35(44)40-49(45,46)29-10-13-34-32(19-29)43(23-37(24-48-34)14-4-6-25-18-27(38)9-12-31(25)37)20-26-8-11-30(26)33(7-5-15-41(36)3)47-17-16-42-21-28(39)22-42/h5,7,9-10,12-13,18-19,26,28,30,33H,4,6,8,11,14-17,20-24H2,1-3H3,(H,40,44)/b7-5+/t26-,30+,33-,37-/m0/s1. The van der Waals surface area contributed by atoms with Gasteiger partial charge in [0.2, 0.25) is 0 Å².